The summed E-state index contributed by atoms with van der Waals surface area (Å²) < 4.78 is 56.0. The Morgan fingerprint density at radius 3 is 1.48 bits per heavy atom. The molecule has 2 heterocycles. The molecule has 27 heavy (non-hydrogen) atoms. The Morgan fingerprint density at radius 2 is 1.11 bits per heavy atom. The van der Waals surface area contributed by atoms with Crippen molar-refractivity contribution < 1.29 is 22.4 Å². The van der Waals surface area contributed by atoms with Crippen molar-refractivity contribution in [1.29, 1.82) is 0 Å². The molecule has 0 radical (unpaired) electrons. The van der Waals surface area contributed by atoms with Gasteiger partial charge < -0.3 is 5.32 Å². The molecule has 2 aromatic carbocycles. The predicted octanol–water partition coefficient (Wildman–Crippen LogP) is 4.41. The minimum Gasteiger partial charge on any atom is -0.303 e. The molecular weight excluding hydrogens is 358 g/mol. The molecule has 2 aliphatic rings. The topological polar surface area (TPSA) is 29.1 Å². The molecule has 0 spiro atoms. The second kappa shape index (κ2) is 6.78. The Bertz CT molecular complexity index is 878. The first kappa shape index (κ1) is 17.7. The first-order valence-electron chi connectivity index (χ1n) is 8.57. The zero-order chi connectivity index (χ0) is 19.1. The lowest BCUT2D eigenvalue weighted by molar-refractivity contribution is -0.113. The zero-order valence-electron chi connectivity index (χ0n) is 14.1. The van der Waals surface area contributed by atoms with E-state index in [9.17, 15) is 22.4 Å². The number of rotatable bonds is 2. The van der Waals surface area contributed by atoms with Crippen molar-refractivity contribution in [2.24, 2.45) is 0 Å². The molecule has 2 nitrogen and oxygen atoms in total. The van der Waals surface area contributed by atoms with Crippen LogP contribution < -0.4 is 5.32 Å². The third kappa shape index (κ3) is 3.10. The third-order valence-corrected chi connectivity index (χ3v) is 5.02. The van der Waals surface area contributed by atoms with Gasteiger partial charge >= 0.3 is 0 Å². The normalized spacial score (nSPS) is 24.8. The van der Waals surface area contributed by atoms with Gasteiger partial charge in [-0.1, -0.05) is 12.1 Å². The number of carbonyl (C=O) groups is 1. The number of hydrogen-bond donors (Lipinski definition) is 1. The fourth-order valence-corrected chi connectivity index (χ4v) is 3.66. The van der Waals surface area contributed by atoms with Crippen LogP contribution in [0, 0.1) is 23.3 Å². The van der Waals surface area contributed by atoms with Crippen LogP contribution >= 0.6 is 0 Å². The Labute approximate surface area is 153 Å². The van der Waals surface area contributed by atoms with Crippen LogP contribution in [0.2, 0.25) is 0 Å². The van der Waals surface area contributed by atoms with Crippen LogP contribution in [0.25, 0.3) is 12.2 Å². The lowest BCUT2D eigenvalue weighted by Crippen LogP contribution is -2.42. The highest BCUT2D eigenvalue weighted by Gasteiger charge is 2.40. The summed E-state index contributed by atoms with van der Waals surface area (Å²) in [5.41, 5.74) is -0.222. The van der Waals surface area contributed by atoms with Gasteiger partial charge in [0.05, 0.1) is 0 Å². The van der Waals surface area contributed by atoms with Gasteiger partial charge in [0.25, 0.3) is 0 Å². The summed E-state index contributed by atoms with van der Waals surface area (Å²) >= 11 is 0. The molecular formula is C21H15F4NO. The number of nitrogens with one attached hydrogen (secondary N) is 1. The Hall–Kier alpha value is -2.73. The van der Waals surface area contributed by atoms with Crippen molar-refractivity contribution in [1.82, 2.24) is 5.32 Å². The van der Waals surface area contributed by atoms with Crippen LogP contribution in [-0.2, 0) is 4.79 Å². The van der Waals surface area contributed by atoms with Crippen molar-refractivity contribution in [3.8, 4) is 0 Å². The molecule has 0 saturated carbocycles. The van der Waals surface area contributed by atoms with Gasteiger partial charge in [-0.25, -0.2) is 17.6 Å². The summed E-state index contributed by atoms with van der Waals surface area (Å²) in [6.07, 6.45) is 3.57. The zero-order valence-corrected chi connectivity index (χ0v) is 14.1. The Kier molecular flexibility index (Phi) is 4.44. The smallest absolute Gasteiger partial charge is 0.188 e. The van der Waals surface area contributed by atoms with Gasteiger partial charge in [0, 0.05) is 34.4 Å². The van der Waals surface area contributed by atoms with Gasteiger partial charge in [-0.3, -0.25) is 4.79 Å². The van der Waals surface area contributed by atoms with E-state index in [-0.39, 0.29) is 34.4 Å². The molecule has 4 rings (SSSR count). The maximum Gasteiger partial charge on any atom is 0.188 e. The summed E-state index contributed by atoms with van der Waals surface area (Å²) in [5, 5.41) is 3.19. The lowest BCUT2D eigenvalue weighted by atomic mass is 9.89. The first-order valence-corrected chi connectivity index (χ1v) is 8.57. The maximum absolute atomic E-state index is 14.0. The van der Waals surface area contributed by atoms with Gasteiger partial charge in [0.2, 0.25) is 0 Å². The molecule has 0 aliphatic carbocycles. The fourth-order valence-electron chi connectivity index (χ4n) is 3.66. The lowest BCUT2D eigenvalue weighted by Gasteiger charge is -2.26. The standard InChI is InChI=1S/C21H15F4NO/c22-15-3-1-4-16(23)11(15)9-13-19-7-8-20(26-19)14(21(13)27)10-12-17(24)5-2-6-18(12)25/h1-6,9-10,19-20,26H,7-8H2/b13-9-,14-10+. The molecule has 138 valence electrons. The molecule has 2 aliphatic heterocycles. The van der Waals surface area contributed by atoms with Gasteiger partial charge in [0.1, 0.15) is 23.3 Å². The molecule has 6 heteroatoms. The SMILES string of the molecule is O=C1/C(=C\c2c(F)cccc2F)C2CCC(N2)/C1=C\c1c(F)cccc1F. The number of piperidine rings is 1. The predicted molar refractivity (Wildman–Crippen MR) is 93.6 cm³/mol. The number of Topliss-reactive ketones (excluding diaryl/α,β-unsaturated/α-hetero) is 1. The van der Waals surface area contributed by atoms with Crippen molar-refractivity contribution in [2.45, 2.75) is 24.9 Å². The maximum atomic E-state index is 14.0. The van der Waals surface area contributed by atoms with Crippen LogP contribution in [0.4, 0.5) is 17.6 Å². The highest BCUT2D eigenvalue weighted by atomic mass is 19.1. The average Bonchev–Trinajstić information content (AvgIpc) is 3.06. The average molecular weight is 373 g/mol. The van der Waals surface area contributed by atoms with Crippen LogP contribution in [0.5, 0.6) is 0 Å². The molecule has 0 amide bonds. The van der Waals surface area contributed by atoms with E-state index in [0.29, 0.717) is 12.8 Å². The molecule has 2 aromatic rings. The largest absolute Gasteiger partial charge is 0.303 e. The summed E-state index contributed by atoms with van der Waals surface area (Å²) in [6.45, 7) is 0. The fraction of sp³-hybridized carbons (Fsp3) is 0.190. The molecule has 0 aromatic heterocycles. The van der Waals surface area contributed by atoms with Gasteiger partial charge in [-0.15, -0.1) is 0 Å². The minimum absolute atomic E-state index is 0.191. The van der Waals surface area contributed by atoms with Gasteiger partial charge in [-0.2, -0.15) is 0 Å². The molecule has 2 bridgehead atoms. The Balaban J connectivity index is 1.81. The van der Waals surface area contributed by atoms with Crippen molar-refractivity contribution in [3.63, 3.8) is 0 Å². The third-order valence-electron chi connectivity index (χ3n) is 5.02. The van der Waals surface area contributed by atoms with Crippen molar-refractivity contribution in [3.05, 3.63) is 81.9 Å². The summed E-state index contributed by atoms with van der Waals surface area (Å²) in [7, 11) is 0. The summed E-state index contributed by atoms with van der Waals surface area (Å²) in [4.78, 5) is 13.0. The minimum atomic E-state index is -0.777. The van der Waals surface area contributed by atoms with E-state index in [4.69, 9.17) is 0 Å². The van der Waals surface area contributed by atoms with E-state index >= 15 is 0 Å². The molecule has 2 fully saturated rings. The molecule has 1 N–H and O–H groups in total. The van der Waals surface area contributed by atoms with E-state index < -0.39 is 29.1 Å². The van der Waals surface area contributed by atoms with Gasteiger partial charge in [0.15, 0.2) is 5.78 Å². The number of fused-ring (bicyclic) bond motifs is 2. The summed E-state index contributed by atoms with van der Waals surface area (Å²) in [5.74, 6) is -3.56. The van der Waals surface area contributed by atoms with Crippen LogP contribution in [0.1, 0.15) is 24.0 Å². The number of benzene rings is 2. The second-order valence-corrected chi connectivity index (χ2v) is 6.65. The van der Waals surface area contributed by atoms with Crippen LogP contribution in [0.15, 0.2) is 47.5 Å². The van der Waals surface area contributed by atoms with Crippen LogP contribution in [-0.4, -0.2) is 17.9 Å². The Morgan fingerprint density at radius 1 is 0.741 bits per heavy atom. The number of hydrogen-bond acceptors (Lipinski definition) is 2. The van der Waals surface area contributed by atoms with Crippen molar-refractivity contribution >= 4 is 17.9 Å². The second-order valence-electron chi connectivity index (χ2n) is 6.65. The first-order chi connectivity index (χ1) is 13.0. The number of halogens is 4. The highest BCUT2D eigenvalue weighted by Crippen LogP contribution is 2.35. The molecule has 2 unspecified atom stereocenters. The van der Waals surface area contributed by atoms with E-state index in [2.05, 4.69) is 5.32 Å². The monoisotopic (exact) mass is 373 g/mol. The van der Waals surface area contributed by atoms with Gasteiger partial charge in [-0.05, 0) is 49.3 Å². The van der Waals surface area contributed by atoms with E-state index in [0.717, 1.165) is 24.3 Å². The van der Waals surface area contributed by atoms with Crippen LogP contribution in [0.3, 0.4) is 0 Å². The molecule has 2 saturated heterocycles. The molecule has 2 atom stereocenters. The number of ketones is 1. The van der Waals surface area contributed by atoms with E-state index in [1.807, 2.05) is 0 Å². The van der Waals surface area contributed by atoms with E-state index in [1.54, 1.807) is 0 Å². The highest BCUT2D eigenvalue weighted by molar-refractivity contribution is 6.16. The van der Waals surface area contributed by atoms with E-state index in [1.165, 1.54) is 24.3 Å². The number of carbonyl (C=O) groups excluding carboxylic acids is 1. The summed E-state index contributed by atoms with van der Waals surface area (Å²) in [6, 6.07) is 6.24. The quantitative estimate of drug-likeness (QED) is 0.624. The van der Waals surface area contributed by atoms with Crippen molar-refractivity contribution in [2.75, 3.05) is 0 Å².